The van der Waals surface area contributed by atoms with Crippen molar-refractivity contribution in [1.82, 2.24) is 5.32 Å². The fourth-order valence-corrected chi connectivity index (χ4v) is 2.44. The molecule has 1 aliphatic heterocycles. The van der Waals surface area contributed by atoms with Gasteiger partial charge in [0.05, 0.1) is 6.04 Å². The molecule has 17 heavy (non-hydrogen) atoms. The van der Waals surface area contributed by atoms with Gasteiger partial charge in [0.1, 0.15) is 12.4 Å². The maximum atomic E-state index is 5.86. The van der Waals surface area contributed by atoms with E-state index in [4.69, 9.17) is 4.74 Å². The molecule has 2 aromatic carbocycles. The monoisotopic (exact) mass is 227 g/mol. The van der Waals surface area contributed by atoms with Gasteiger partial charge in [0.25, 0.3) is 0 Å². The summed E-state index contributed by atoms with van der Waals surface area (Å²) >= 11 is 0. The molecule has 0 bridgehead atoms. The summed E-state index contributed by atoms with van der Waals surface area (Å²) in [6, 6.07) is 13.1. The topological polar surface area (TPSA) is 21.3 Å². The zero-order valence-electron chi connectivity index (χ0n) is 10.1. The van der Waals surface area contributed by atoms with Crippen LogP contribution in [0, 0.1) is 0 Å². The Morgan fingerprint density at radius 3 is 3.00 bits per heavy atom. The Bertz CT molecular complexity index is 535. The van der Waals surface area contributed by atoms with Crippen LogP contribution in [0.1, 0.15) is 24.9 Å². The molecule has 2 nitrogen and oxygen atoms in total. The molecule has 0 radical (unpaired) electrons. The molecule has 0 fully saturated rings. The summed E-state index contributed by atoms with van der Waals surface area (Å²) in [4.78, 5) is 0. The molecular weight excluding hydrogens is 210 g/mol. The van der Waals surface area contributed by atoms with Gasteiger partial charge in [-0.1, -0.05) is 43.3 Å². The Labute approximate surface area is 102 Å². The van der Waals surface area contributed by atoms with Crippen LogP contribution in [0.5, 0.6) is 5.75 Å². The molecule has 1 aliphatic rings. The lowest BCUT2D eigenvalue weighted by Gasteiger charge is -2.10. The smallest absolute Gasteiger partial charge is 0.132 e. The standard InChI is InChI=1S/C15H17NO/c1-2-9-16-14-10-17-15-12-6-4-3-5-11(12)7-8-13(14)15/h3-8,14,16H,2,9-10H2,1H3. The second kappa shape index (κ2) is 4.38. The minimum absolute atomic E-state index is 0.356. The molecule has 0 saturated heterocycles. The van der Waals surface area contributed by atoms with Crippen LogP contribution in [0.3, 0.4) is 0 Å². The van der Waals surface area contributed by atoms with Crippen molar-refractivity contribution < 1.29 is 4.74 Å². The van der Waals surface area contributed by atoms with Crippen molar-refractivity contribution in [3.8, 4) is 5.75 Å². The van der Waals surface area contributed by atoms with Gasteiger partial charge < -0.3 is 10.1 Å². The van der Waals surface area contributed by atoms with Gasteiger partial charge in [0, 0.05) is 10.9 Å². The molecule has 0 amide bonds. The molecule has 2 aromatic rings. The second-order valence-electron chi connectivity index (χ2n) is 4.52. The fraction of sp³-hybridized carbons (Fsp3) is 0.333. The summed E-state index contributed by atoms with van der Waals surface area (Å²) in [5.74, 6) is 1.07. The Balaban J connectivity index is 2.02. The highest BCUT2D eigenvalue weighted by molar-refractivity contribution is 5.90. The molecular formula is C15H17NO. The van der Waals surface area contributed by atoms with Gasteiger partial charge >= 0.3 is 0 Å². The first-order valence-electron chi connectivity index (χ1n) is 6.28. The molecule has 3 rings (SSSR count). The SMILES string of the molecule is CCCNC1COc2c1ccc1ccccc21. The maximum Gasteiger partial charge on any atom is 0.132 e. The van der Waals surface area contributed by atoms with E-state index in [1.165, 1.54) is 16.3 Å². The molecule has 1 N–H and O–H groups in total. The normalized spacial score (nSPS) is 18.1. The van der Waals surface area contributed by atoms with Crippen molar-refractivity contribution in [2.24, 2.45) is 0 Å². The third-order valence-corrected chi connectivity index (χ3v) is 3.32. The highest BCUT2D eigenvalue weighted by atomic mass is 16.5. The predicted molar refractivity (Wildman–Crippen MR) is 70.5 cm³/mol. The van der Waals surface area contributed by atoms with Crippen LogP contribution in [0.4, 0.5) is 0 Å². The van der Waals surface area contributed by atoms with E-state index in [2.05, 4.69) is 48.6 Å². The zero-order chi connectivity index (χ0) is 11.7. The number of hydrogen-bond acceptors (Lipinski definition) is 2. The molecule has 0 aliphatic carbocycles. The predicted octanol–water partition coefficient (Wildman–Crippen LogP) is 3.27. The minimum atomic E-state index is 0.356. The van der Waals surface area contributed by atoms with E-state index in [1.54, 1.807) is 0 Å². The van der Waals surface area contributed by atoms with E-state index in [1.807, 2.05) is 0 Å². The van der Waals surface area contributed by atoms with Gasteiger partial charge in [0.2, 0.25) is 0 Å². The van der Waals surface area contributed by atoms with E-state index in [0.29, 0.717) is 6.04 Å². The van der Waals surface area contributed by atoms with E-state index in [-0.39, 0.29) is 0 Å². The zero-order valence-corrected chi connectivity index (χ0v) is 10.1. The van der Waals surface area contributed by atoms with Crippen molar-refractivity contribution in [3.05, 3.63) is 42.0 Å². The van der Waals surface area contributed by atoms with Gasteiger partial charge in [-0.2, -0.15) is 0 Å². The summed E-state index contributed by atoms with van der Waals surface area (Å²) < 4.78 is 5.86. The summed E-state index contributed by atoms with van der Waals surface area (Å²) in [7, 11) is 0. The van der Waals surface area contributed by atoms with Crippen molar-refractivity contribution in [2.75, 3.05) is 13.2 Å². The highest BCUT2D eigenvalue weighted by Crippen LogP contribution is 2.38. The van der Waals surface area contributed by atoms with Gasteiger partial charge in [-0.3, -0.25) is 0 Å². The third-order valence-electron chi connectivity index (χ3n) is 3.32. The summed E-state index contributed by atoms with van der Waals surface area (Å²) in [6.45, 7) is 3.98. The van der Waals surface area contributed by atoms with E-state index in [0.717, 1.165) is 25.3 Å². The van der Waals surface area contributed by atoms with Gasteiger partial charge in [-0.05, 0) is 18.4 Å². The number of benzene rings is 2. The molecule has 0 spiro atoms. The minimum Gasteiger partial charge on any atom is -0.491 e. The molecule has 1 unspecified atom stereocenters. The lowest BCUT2D eigenvalue weighted by atomic mass is 10.0. The van der Waals surface area contributed by atoms with Crippen molar-refractivity contribution >= 4 is 10.8 Å². The van der Waals surface area contributed by atoms with Gasteiger partial charge in [-0.15, -0.1) is 0 Å². The van der Waals surface area contributed by atoms with Crippen molar-refractivity contribution in [3.63, 3.8) is 0 Å². The lowest BCUT2D eigenvalue weighted by molar-refractivity contribution is 0.314. The van der Waals surface area contributed by atoms with Gasteiger partial charge in [0.15, 0.2) is 0 Å². The molecule has 0 saturated carbocycles. The summed E-state index contributed by atoms with van der Waals surface area (Å²) in [6.07, 6.45) is 1.15. The quantitative estimate of drug-likeness (QED) is 0.869. The Morgan fingerprint density at radius 2 is 2.12 bits per heavy atom. The van der Waals surface area contributed by atoms with Crippen LogP contribution in [-0.2, 0) is 0 Å². The van der Waals surface area contributed by atoms with Crippen LogP contribution in [-0.4, -0.2) is 13.2 Å². The van der Waals surface area contributed by atoms with Crippen molar-refractivity contribution in [1.29, 1.82) is 0 Å². The first-order chi connectivity index (χ1) is 8.40. The van der Waals surface area contributed by atoms with Crippen LogP contribution < -0.4 is 10.1 Å². The van der Waals surface area contributed by atoms with Crippen LogP contribution in [0.15, 0.2) is 36.4 Å². The van der Waals surface area contributed by atoms with Crippen molar-refractivity contribution in [2.45, 2.75) is 19.4 Å². The number of fused-ring (bicyclic) bond motifs is 3. The largest absolute Gasteiger partial charge is 0.491 e. The molecule has 0 aromatic heterocycles. The number of nitrogens with one attached hydrogen (secondary N) is 1. The van der Waals surface area contributed by atoms with Crippen LogP contribution in [0.25, 0.3) is 10.8 Å². The first-order valence-corrected chi connectivity index (χ1v) is 6.28. The third kappa shape index (κ3) is 1.79. The van der Waals surface area contributed by atoms with Crippen LogP contribution >= 0.6 is 0 Å². The highest BCUT2D eigenvalue weighted by Gasteiger charge is 2.24. The van der Waals surface area contributed by atoms with E-state index < -0.39 is 0 Å². The molecule has 1 heterocycles. The number of ether oxygens (including phenoxy) is 1. The van der Waals surface area contributed by atoms with Gasteiger partial charge in [-0.25, -0.2) is 0 Å². The first kappa shape index (κ1) is 10.6. The maximum absolute atomic E-state index is 5.86. The molecule has 2 heteroatoms. The molecule has 88 valence electrons. The Kier molecular flexibility index (Phi) is 2.73. The summed E-state index contributed by atoms with van der Waals surface area (Å²) in [5.41, 5.74) is 1.30. The number of hydrogen-bond donors (Lipinski definition) is 1. The average Bonchev–Trinajstić information content (AvgIpc) is 2.80. The average molecular weight is 227 g/mol. The number of rotatable bonds is 3. The molecule has 1 atom stereocenters. The lowest BCUT2D eigenvalue weighted by Crippen LogP contribution is -2.22. The van der Waals surface area contributed by atoms with E-state index >= 15 is 0 Å². The van der Waals surface area contributed by atoms with Crippen LogP contribution in [0.2, 0.25) is 0 Å². The van der Waals surface area contributed by atoms with E-state index in [9.17, 15) is 0 Å². The fourth-order valence-electron chi connectivity index (χ4n) is 2.44. The summed E-state index contributed by atoms with van der Waals surface area (Å²) in [5, 5.41) is 6.01. The second-order valence-corrected chi connectivity index (χ2v) is 4.52. The Morgan fingerprint density at radius 1 is 1.24 bits per heavy atom. The Hall–Kier alpha value is -1.54.